The van der Waals surface area contributed by atoms with Crippen LogP contribution in [-0.4, -0.2) is 53.2 Å². The fourth-order valence-corrected chi connectivity index (χ4v) is 3.59. The summed E-state index contributed by atoms with van der Waals surface area (Å²) in [6.07, 6.45) is 0. The van der Waals surface area contributed by atoms with Gasteiger partial charge in [0.25, 0.3) is 17.7 Å². The van der Waals surface area contributed by atoms with Crippen molar-refractivity contribution in [3.05, 3.63) is 71.3 Å². The number of fused-ring (bicyclic) bond motifs is 1. The molecule has 0 unspecified atom stereocenters. The summed E-state index contributed by atoms with van der Waals surface area (Å²) < 4.78 is 20.7. The lowest BCUT2D eigenvalue weighted by atomic mass is 9.96. The van der Waals surface area contributed by atoms with Crippen LogP contribution >= 0.6 is 0 Å². The van der Waals surface area contributed by atoms with Crippen molar-refractivity contribution in [2.24, 2.45) is 0 Å². The Hall–Kier alpha value is -3.55. The maximum Gasteiger partial charge on any atom is 0.370 e. The van der Waals surface area contributed by atoms with E-state index >= 15 is 4.39 Å². The Morgan fingerprint density at radius 3 is 1.87 bits per heavy atom. The molecule has 1 aliphatic heterocycles. The van der Waals surface area contributed by atoms with Gasteiger partial charge in [0.15, 0.2) is 0 Å². The smallest absolute Gasteiger partial charge is 0.370 e. The lowest BCUT2D eigenvalue weighted by Crippen LogP contribution is -2.62. The molecule has 0 aliphatic carbocycles. The zero-order chi connectivity index (χ0) is 22.3. The predicted molar refractivity (Wildman–Crippen MR) is 105 cm³/mol. The van der Waals surface area contributed by atoms with Crippen molar-refractivity contribution in [2.75, 3.05) is 14.2 Å². The molecule has 2 aromatic carbocycles. The van der Waals surface area contributed by atoms with E-state index in [1.54, 1.807) is 18.2 Å². The van der Waals surface area contributed by atoms with Gasteiger partial charge in [-0.3, -0.25) is 24.2 Å². The van der Waals surface area contributed by atoms with Gasteiger partial charge in [0, 0.05) is 12.6 Å². The number of amides is 3. The number of imide groups is 1. The number of carbonyl (C=O) groups is 4. The summed E-state index contributed by atoms with van der Waals surface area (Å²) in [4.78, 5) is 52.8. The molecule has 1 heterocycles. The standard InChI is InChI=1S/C22H21FN2O5/c1-21(2,25-17(26)15-12-8-9-13-16(15)18(25)27)19(28)24(3)22(23,20(29)30-4)14-10-6-5-7-11-14/h5-13H,1-4H3/t22-/m0/s1. The molecule has 0 spiro atoms. The van der Waals surface area contributed by atoms with Gasteiger partial charge in [0.05, 0.1) is 18.2 Å². The molecule has 8 heteroatoms. The van der Waals surface area contributed by atoms with Gasteiger partial charge in [-0.25, -0.2) is 9.18 Å². The van der Waals surface area contributed by atoms with Crippen LogP contribution in [0.1, 0.15) is 40.1 Å². The van der Waals surface area contributed by atoms with E-state index in [4.69, 9.17) is 0 Å². The number of halogens is 1. The number of rotatable bonds is 5. The van der Waals surface area contributed by atoms with Gasteiger partial charge in [-0.1, -0.05) is 42.5 Å². The molecule has 0 fully saturated rings. The highest BCUT2D eigenvalue weighted by Crippen LogP contribution is 2.36. The highest BCUT2D eigenvalue weighted by molar-refractivity contribution is 6.23. The molecule has 0 saturated heterocycles. The molecule has 1 atom stereocenters. The van der Waals surface area contributed by atoms with Crippen molar-refractivity contribution in [3.63, 3.8) is 0 Å². The maximum absolute atomic E-state index is 16.1. The zero-order valence-electron chi connectivity index (χ0n) is 17.0. The number of methoxy groups -OCH3 is 1. The maximum atomic E-state index is 16.1. The largest absolute Gasteiger partial charge is 0.465 e. The number of carbonyl (C=O) groups excluding carboxylic acids is 4. The minimum atomic E-state index is -2.96. The molecule has 3 rings (SSSR count). The topological polar surface area (TPSA) is 84.0 Å². The number of hydrogen-bond acceptors (Lipinski definition) is 5. The first-order valence-corrected chi connectivity index (χ1v) is 9.17. The second-order valence-electron chi connectivity index (χ2n) is 7.39. The number of hydrogen-bond donors (Lipinski definition) is 0. The Morgan fingerprint density at radius 2 is 1.40 bits per heavy atom. The van der Waals surface area contributed by atoms with Crippen molar-refractivity contribution in [2.45, 2.75) is 25.2 Å². The van der Waals surface area contributed by atoms with Crippen LogP contribution in [0.25, 0.3) is 0 Å². The lowest BCUT2D eigenvalue weighted by Gasteiger charge is -2.40. The third-order valence-electron chi connectivity index (χ3n) is 5.26. The Bertz CT molecular complexity index is 1000. The summed E-state index contributed by atoms with van der Waals surface area (Å²) >= 11 is 0. The number of ether oxygens (including phenoxy) is 1. The van der Waals surface area contributed by atoms with Crippen LogP contribution in [0, 0.1) is 0 Å². The van der Waals surface area contributed by atoms with Gasteiger partial charge >= 0.3 is 11.8 Å². The van der Waals surface area contributed by atoms with Crippen LogP contribution in [0.2, 0.25) is 0 Å². The Labute approximate surface area is 173 Å². The van der Waals surface area contributed by atoms with Crippen molar-refractivity contribution in [1.29, 1.82) is 0 Å². The van der Waals surface area contributed by atoms with E-state index in [0.717, 1.165) is 19.1 Å². The minimum absolute atomic E-state index is 0.120. The Morgan fingerprint density at radius 1 is 0.933 bits per heavy atom. The van der Waals surface area contributed by atoms with Gasteiger partial charge in [0.2, 0.25) is 0 Å². The summed E-state index contributed by atoms with van der Waals surface area (Å²) in [5, 5.41) is 0. The molecule has 0 aromatic heterocycles. The van der Waals surface area contributed by atoms with E-state index in [1.165, 1.54) is 50.2 Å². The van der Waals surface area contributed by atoms with E-state index < -0.39 is 35.0 Å². The first kappa shape index (κ1) is 21.2. The van der Waals surface area contributed by atoms with E-state index in [-0.39, 0.29) is 16.7 Å². The molecule has 1 aliphatic rings. The van der Waals surface area contributed by atoms with E-state index in [9.17, 15) is 19.2 Å². The molecule has 3 amide bonds. The van der Waals surface area contributed by atoms with Crippen LogP contribution in [0.15, 0.2) is 54.6 Å². The van der Waals surface area contributed by atoms with Crippen molar-refractivity contribution in [3.8, 4) is 0 Å². The number of likely N-dealkylation sites (N-methyl/N-ethyl adjacent to an activating group) is 1. The van der Waals surface area contributed by atoms with E-state index in [1.807, 2.05) is 0 Å². The second kappa shape index (κ2) is 7.37. The summed E-state index contributed by atoms with van der Waals surface area (Å²) in [6, 6.07) is 13.5. The van der Waals surface area contributed by atoms with Crippen molar-refractivity contribution >= 4 is 23.7 Å². The van der Waals surface area contributed by atoms with E-state index in [2.05, 4.69) is 4.74 Å². The zero-order valence-corrected chi connectivity index (χ0v) is 17.0. The van der Waals surface area contributed by atoms with Gasteiger partial charge < -0.3 is 4.74 Å². The van der Waals surface area contributed by atoms with Crippen LogP contribution in [0.5, 0.6) is 0 Å². The normalized spacial score (nSPS) is 15.4. The molecule has 0 bridgehead atoms. The third-order valence-corrected chi connectivity index (χ3v) is 5.26. The molecule has 7 nitrogen and oxygen atoms in total. The highest BCUT2D eigenvalue weighted by Gasteiger charge is 2.55. The monoisotopic (exact) mass is 412 g/mol. The Balaban J connectivity index is 2.03. The molecular formula is C22H21FN2O5. The van der Waals surface area contributed by atoms with E-state index in [0.29, 0.717) is 4.90 Å². The van der Waals surface area contributed by atoms with Gasteiger partial charge in [-0.2, -0.15) is 0 Å². The quantitative estimate of drug-likeness (QED) is 0.428. The molecule has 0 radical (unpaired) electrons. The van der Waals surface area contributed by atoms with Crippen LogP contribution in [0.4, 0.5) is 4.39 Å². The third kappa shape index (κ3) is 2.96. The number of esters is 1. The summed E-state index contributed by atoms with van der Waals surface area (Å²) in [5.41, 5.74) is -1.57. The summed E-state index contributed by atoms with van der Waals surface area (Å²) in [7, 11) is 2.10. The average Bonchev–Trinajstić information content (AvgIpc) is 3.02. The number of alkyl halides is 1. The minimum Gasteiger partial charge on any atom is -0.465 e. The van der Waals surface area contributed by atoms with Gasteiger partial charge in [-0.15, -0.1) is 0 Å². The fourth-order valence-electron chi connectivity index (χ4n) is 3.59. The van der Waals surface area contributed by atoms with Crippen LogP contribution in [0.3, 0.4) is 0 Å². The summed E-state index contributed by atoms with van der Waals surface area (Å²) in [5.74, 6) is -6.53. The molecule has 0 saturated carbocycles. The van der Waals surface area contributed by atoms with Gasteiger partial charge in [-0.05, 0) is 26.0 Å². The molecule has 2 aromatic rings. The first-order valence-electron chi connectivity index (χ1n) is 9.17. The van der Waals surface area contributed by atoms with Crippen LogP contribution in [-0.2, 0) is 20.1 Å². The lowest BCUT2D eigenvalue weighted by molar-refractivity contribution is -0.179. The van der Waals surface area contributed by atoms with Crippen molar-refractivity contribution < 1.29 is 28.3 Å². The summed E-state index contributed by atoms with van der Waals surface area (Å²) in [6.45, 7) is 2.66. The second-order valence-corrected chi connectivity index (χ2v) is 7.39. The average molecular weight is 412 g/mol. The first-order chi connectivity index (χ1) is 14.1. The fraction of sp³-hybridized carbons (Fsp3) is 0.273. The number of benzene rings is 2. The molecule has 30 heavy (non-hydrogen) atoms. The van der Waals surface area contributed by atoms with Gasteiger partial charge in [0.1, 0.15) is 5.54 Å². The molecular weight excluding hydrogens is 391 g/mol. The molecule has 0 N–H and O–H groups in total. The predicted octanol–water partition coefficient (Wildman–Crippen LogP) is 2.52. The number of nitrogens with zero attached hydrogens (tertiary/aromatic N) is 2. The highest BCUT2D eigenvalue weighted by atomic mass is 19.1. The van der Waals surface area contributed by atoms with Crippen molar-refractivity contribution in [1.82, 2.24) is 9.80 Å². The SMILES string of the molecule is COC(=O)[C@](F)(c1ccccc1)N(C)C(=O)C(C)(C)N1C(=O)c2ccccc2C1=O. The van der Waals surface area contributed by atoms with Crippen LogP contribution < -0.4 is 0 Å². The Kier molecular flexibility index (Phi) is 5.20. The molecule has 156 valence electrons.